The molecule has 19 heavy (non-hydrogen) atoms. The number of rotatable bonds is 4. The molecule has 1 rings (SSSR count). The first-order valence-corrected chi connectivity index (χ1v) is 5.39. The predicted octanol–water partition coefficient (Wildman–Crippen LogP) is 2.97. The van der Waals surface area contributed by atoms with Gasteiger partial charge in [0.15, 0.2) is 5.60 Å². The Morgan fingerprint density at radius 2 is 2.05 bits per heavy atom. The van der Waals surface area contributed by atoms with Gasteiger partial charge >= 0.3 is 6.18 Å². The van der Waals surface area contributed by atoms with Gasteiger partial charge in [0.1, 0.15) is 0 Å². The van der Waals surface area contributed by atoms with Crippen molar-refractivity contribution in [2.75, 3.05) is 11.9 Å². The second kappa shape index (κ2) is 5.22. The van der Waals surface area contributed by atoms with E-state index in [-0.39, 0.29) is 16.4 Å². The SMILES string of the molecule is C[C@@](O)(CNc1ccc([N+](=O)[O-])cc1Cl)C(F)(F)F. The van der Waals surface area contributed by atoms with Gasteiger partial charge in [-0.2, -0.15) is 13.2 Å². The van der Waals surface area contributed by atoms with E-state index < -0.39 is 23.2 Å². The molecule has 0 amide bonds. The molecule has 9 heteroatoms. The van der Waals surface area contributed by atoms with E-state index >= 15 is 0 Å². The maximum Gasteiger partial charge on any atom is 0.418 e. The largest absolute Gasteiger partial charge is 0.418 e. The molecular formula is C10H10ClF3N2O3. The maximum atomic E-state index is 12.4. The summed E-state index contributed by atoms with van der Waals surface area (Å²) >= 11 is 5.69. The zero-order valence-electron chi connectivity index (χ0n) is 9.66. The fraction of sp³-hybridized carbons (Fsp3) is 0.400. The molecule has 0 aliphatic rings. The summed E-state index contributed by atoms with van der Waals surface area (Å²) in [6.45, 7) is -0.215. The van der Waals surface area contributed by atoms with Crippen molar-refractivity contribution in [2.45, 2.75) is 18.7 Å². The van der Waals surface area contributed by atoms with Crippen molar-refractivity contribution in [2.24, 2.45) is 0 Å². The van der Waals surface area contributed by atoms with Crippen molar-refractivity contribution in [3.8, 4) is 0 Å². The Hall–Kier alpha value is -1.54. The van der Waals surface area contributed by atoms with Crippen LogP contribution in [0.4, 0.5) is 24.5 Å². The summed E-state index contributed by atoms with van der Waals surface area (Å²) in [5.41, 5.74) is -3.15. The van der Waals surface area contributed by atoms with Crippen LogP contribution in [0.2, 0.25) is 5.02 Å². The van der Waals surface area contributed by atoms with Crippen LogP contribution in [-0.4, -0.2) is 28.4 Å². The Kier molecular flexibility index (Phi) is 4.26. The van der Waals surface area contributed by atoms with Gasteiger partial charge in [-0.3, -0.25) is 10.1 Å². The number of hydrogen-bond donors (Lipinski definition) is 2. The standard InChI is InChI=1S/C10H10ClF3N2O3/c1-9(17,10(12,13)14)5-15-8-3-2-6(16(18)19)4-7(8)11/h2-4,15,17H,5H2,1H3/t9-/m1/s1. The first-order chi connectivity index (χ1) is 8.54. The van der Waals surface area contributed by atoms with Crippen LogP contribution in [0.3, 0.4) is 0 Å². The molecule has 0 saturated heterocycles. The molecule has 0 fully saturated rings. The fourth-order valence-electron chi connectivity index (χ4n) is 1.13. The van der Waals surface area contributed by atoms with E-state index in [1.54, 1.807) is 0 Å². The van der Waals surface area contributed by atoms with Crippen LogP contribution in [0.5, 0.6) is 0 Å². The zero-order valence-corrected chi connectivity index (χ0v) is 10.4. The number of nitro benzene ring substituents is 1. The van der Waals surface area contributed by atoms with Crippen LogP contribution in [0.25, 0.3) is 0 Å². The van der Waals surface area contributed by atoms with E-state index in [4.69, 9.17) is 11.6 Å². The summed E-state index contributed by atoms with van der Waals surface area (Å²) in [5, 5.41) is 21.9. The van der Waals surface area contributed by atoms with E-state index in [1.807, 2.05) is 0 Å². The number of nitrogens with one attached hydrogen (secondary N) is 1. The smallest absolute Gasteiger partial charge is 0.381 e. The molecule has 106 valence electrons. The van der Waals surface area contributed by atoms with E-state index in [9.17, 15) is 28.4 Å². The van der Waals surface area contributed by atoms with Crippen LogP contribution in [0.15, 0.2) is 18.2 Å². The molecular weight excluding hydrogens is 289 g/mol. The van der Waals surface area contributed by atoms with Gasteiger partial charge in [0.25, 0.3) is 5.69 Å². The Morgan fingerprint density at radius 3 is 2.47 bits per heavy atom. The number of nitro groups is 1. The lowest BCUT2D eigenvalue weighted by atomic mass is 10.1. The molecule has 0 bridgehead atoms. The van der Waals surface area contributed by atoms with Crippen LogP contribution in [0, 0.1) is 10.1 Å². The first kappa shape index (κ1) is 15.5. The lowest BCUT2D eigenvalue weighted by Gasteiger charge is -2.27. The lowest BCUT2D eigenvalue weighted by Crippen LogP contribution is -2.47. The zero-order chi connectivity index (χ0) is 14.8. The van der Waals surface area contributed by atoms with E-state index in [1.165, 1.54) is 6.07 Å². The normalized spacial score (nSPS) is 14.8. The van der Waals surface area contributed by atoms with Gasteiger partial charge in [-0.1, -0.05) is 11.6 Å². The highest BCUT2D eigenvalue weighted by molar-refractivity contribution is 6.33. The van der Waals surface area contributed by atoms with Crippen molar-refractivity contribution >= 4 is 23.0 Å². The third-order valence-corrected chi connectivity index (χ3v) is 2.71. The molecule has 5 nitrogen and oxygen atoms in total. The van der Waals surface area contributed by atoms with Gasteiger partial charge in [0, 0.05) is 12.1 Å². The number of alkyl halides is 3. The van der Waals surface area contributed by atoms with Gasteiger partial charge < -0.3 is 10.4 Å². The number of anilines is 1. The summed E-state index contributed by atoms with van der Waals surface area (Å²) in [7, 11) is 0. The van der Waals surface area contributed by atoms with Crippen LogP contribution < -0.4 is 5.32 Å². The number of nitrogens with zero attached hydrogens (tertiary/aromatic N) is 1. The summed E-state index contributed by atoms with van der Waals surface area (Å²) in [4.78, 5) is 9.77. The van der Waals surface area contributed by atoms with E-state index in [0.29, 0.717) is 6.92 Å². The van der Waals surface area contributed by atoms with Crippen molar-refractivity contribution in [3.63, 3.8) is 0 Å². The predicted molar refractivity (Wildman–Crippen MR) is 63.3 cm³/mol. The average molecular weight is 299 g/mol. The monoisotopic (exact) mass is 298 g/mol. The van der Waals surface area contributed by atoms with Crippen molar-refractivity contribution in [1.29, 1.82) is 0 Å². The van der Waals surface area contributed by atoms with Gasteiger partial charge in [-0.15, -0.1) is 0 Å². The molecule has 0 unspecified atom stereocenters. The summed E-state index contributed by atoms with van der Waals surface area (Å²) in [5.74, 6) is 0. The maximum absolute atomic E-state index is 12.4. The highest BCUT2D eigenvalue weighted by Gasteiger charge is 2.49. The Balaban J connectivity index is 2.82. The highest BCUT2D eigenvalue weighted by Crippen LogP contribution is 2.32. The van der Waals surface area contributed by atoms with E-state index in [0.717, 1.165) is 12.1 Å². The minimum absolute atomic E-state index is 0.0665. The summed E-state index contributed by atoms with van der Waals surface area (Å²) in [6, 6.07) is 3.27. The quantitative estimate of drug-likeness (QED) is 0.662. The molecule has 1 aromatic rings. The molecule has 0 aromatic heterocycles. The van der Waals surface area contributed by atoms with Gasteiger partial charge in [-0.25, -0.2) is 0 Å². The summed E-state index contributed by atoms with van der Waals surface area (Å²) in [6.07, 6.45) is -4.80. The molecule has 1 aromatic carbocycles. The van der Waals surface area contributed by atoms with Gasteiger partial charge in [-0.05, 0) is 13.0 Å². The second-order valence-electron chi connectivity index (χ2n) is 4.05. The van der Waals surface area contributed by atoms with Crippen LogP contribution in [0.1, 0.15) is 6.92 Å². The number of non-ortho nitro benzene ring substituents is 1. The minimum atomic E-state index is -4.80. The van der Waals surface area contributed by atoms with Crippen molar-refractivity contribution in [1.82, 2.24) is 0 Å². The third kappa shape index (κ3) is 3.71. The van der Waals surface area contributed by atoms with Gasteiger partial charge in [0.2, 0.25) is 0 Å². The van der Waals surface area contributed by atoms with Gasteiger partial charge in [0.05, 0.1) is 22.2 Å². The number of hydrogen-bond acceptors (Lipinski definition) is 4. The summed E-state index contributed by atoms with van der Waals surface area (Å²) < 4.78 is 37.2. The Bertz CT molecular complexity index is 491. The van der Waals surface area contributed by atoms with E-state index in [2.05, 4.69) is 5.32 Å². The first-order valence-electron chi connectivity index (χ1n) is 5.01. The molecule has 0 radical (unpaired) electrons. The van der Waals surface area contributed by atoms with Crippen molar-refractivity contribution < 1.29 is 23.2 Å². The lowest BCUT2D eigenvalue weighted by molar-refractivity contribution is -0.384. The number of benzene rings is 1. The molecule has 0 aliphatic heterocycles. The molecule has 0 spiro atoms. The fourth-order valence-corrected chi connectivity index (χ4v) is 1.37. The number of halogens is 4. The van der Waals surface area contributed by atoms with Crippen LogP contribution in [-0.2, 0) is 0 Å². The Morgan fingerprint density at radius 1 is 1.47 bits per heavy atom. The van der Waals surface area contributed by atoms with Crippen LogP contribution >= 0.6 is 11.6 Å². The molecule has 0 heterocycles. The molecule has 0 aliphatic carbocycles. The third-order valence-electron chi connectivity index (χ3n) is 2.40. The highest BCUT2D eigenvalue weighted by atomic mass is 35.5. The van der Waals surface area contributed by atoms with Crippen molar-refractivity contribution in [3.05, 3.63) is 33.3 Å². The Labute approximate surface area is 111 Å². The minimum Gasteiger partial charge on any atom is -0.381 e. The molecule has 2 N–H and O–H groups in total. The average Bonchev–Trinajstić information content (AvgIpc) is 2.25. The second-order valence-corrected chi connectivity index (χ2v) is 4.45. The topological polar surface area (TPSA) is 75.4 Å². The molecule has 0 saturated carbocycles. The molecule has 1 atom stereocenters. The number of aliphatic hydroxyl groups is 1.